The van der Waals surface area contributed by atoms with Crippen molar-refractivity contribution in [1.82, 2.24) is 20.1 Å². The number of thioether (sulfide) groups is 1. The van der Waals surface area contributed by atoms with Gasteiger partial charge in [-0.1, -0.05) is 61.0 Å². The molecule has 0 saturated carbocycles. The van der Waals surface area contributed by atoms with Crippen molar-refractivity contribution in [2.24, 2.45) is 5.92 Å². The number of nitrogens with zero attached hydrogens (tertiary/aromatic N) is 3. The number of hydrogen-bond donors (Lipinski definition) is 2. The van der Waals surface area contributed by atoms with E-state index in [1.165, 1.54) is 17.8 Å². The molecule has 0 unspecified atom stereocenters. The zero-order chi connectivity index (χ0) is 26.2. The lowest BCUT2D eigenvalue weighted by atomic mass is 10.0. The zero-order valence-electron chi connectivity index (χ0n) is 20.1. The van der Waals surface area contributed by atoms with E-state index in [2.05, 4.69) is 27.4 Å². The molecule has 0 saturated heterocycles. The summed E-state index contributed by atoms with van der Waals surface area (Å²) in [7, 11) is 1.57. The number of benzene rings is 2. The Balaban J connectivity index is 1.76. The van der Waals surface area contributed by atoms with Crippen LogP contribution in [0, 0.1) is 5.92 Å². The molecule has 0 aliphatic rings. The molecule has 2 N–H and O–H groups in total. The summed E-state index contributed by atoms with van der Waals surface area (Å²) in [5.74, 6) is 0.758. The summed E-state index contributed by atoms with van der Waals surface area (Å²) in [6, 6.07) is 11.4. The molecule has 11 heteroatoms. The van der Waals surface area contributed by atoms with Crippen molar-refractivity contribution in [1.29, 1.82) is 0 Å². The SMILES string of the molecule is C=CCn1c(SCC(=O)Nc2cccc(OC)c2)nnc1[C@@H](NC(=O)c1ccc(Cl)cc1Cl)C(C)C. The van der Waals surface area contributed by atoms with Crippen LogP contribution in [-0.4, -0.2) is 39.4 Å². The van der Waals surface area contributed by atoms with E-state index in [0.717, 1.165) is 0 Å². The number of anilines is 1. The highest BCUT2D eigenvalue weighted by molar-refractivity contribution is 7.99. The highest BCUT2D eigenvalue weighted by Gasteiger charge is 2.27. The smallest absolute Gasteiger partial charge is 0.253 e. The van der Waals surface area contributed by atoms with E-state index in [1.54, 1.807) is 49.6 Å². The van der Waals surface area contributed by atoms with Gasteiger partial charge < -0.3 is 19.9 Å². The third kappa shape index (κ3) is 7.02. The van der Waals surface area contributed by atoms with Gasteiger partial charge in [0.25, 0.3) is 5.91 Å². The number of methoxy groups -OCH3 is 1. The van der Waals surface area contributed by atoms with Gasteiger partial charge in [0.15, 0.2) is 11.0 Å². The van der Waals surface area contributed by atoms with E-state index in [9.17, 15) is 9.59 Å². The van der Waals surface area contributed by atoms with E-state index in [4.69, 9.17) is 27.9 Å². The Kier molecular flexibility index (Phi) is 9.81. The number of allylic oxidation sites excluding steroid dienone is 1. The van der Waals surface area contributed by atoms with E-state index in [0.29, 0.717) is 39.5 Å². The fraction of sp³-hybridized carbons (Fsp3) is 0.280. The van der Waals surface area contributed by atoms with Crippen LogP contribution < -0.4 is 15.4 Å². The molecule has 2 amide bonds. The van der Waals surface area contributed by atoms with Crippen molar-refractivity contribution in [2.75, 3.05) is 18.2 Å². The predicted octanol–water partition coefficient (Wildman–Crippen LogP) is 5.64. The van der Waals surface area contributed by atoms with Crippen LogP contribution in [0.4, 0.5) is 5.69 Å². The molecule has 3 rings (SSSR count). The fourth-order valence-corrected chi connectivity index (χ4v) is 4.64. The average molecular weight is 548 g/mol. The van der Waals surface area contributed by atoms with Crippen LogP contribution in [0.3, 0.4) is 0 Å². The Morgan fingerprint density at radius 2 is 1.97 bits per heavy atom. The molecule has 0 aliphatic heterocycles. The molecule has 3 aromatic rings. The number of carbonyl (C=O) groups excluding carboxylic acids is 2. The third-order valence-electron chi connectivity index (χ3n) is 5.15. The van der Waals surface area contributed by atoms with Crippen molar-refractivity contribution < 1.29 is 14.3 Å². The van der Waals surface area contributed by atoms with Crippen LogP contribution in [0.5, 0.6) is 5.75 Å². The minimum absolute atomic E-state index is 0.0120. The summed E-state index contributed by atoms with van der Waals surface area (Å²) in [6.45, 7) is 8.17. The Hall–Kier alpha value is -3.01. The van der Waals surface area contributed by atoms with Crippen LogP contribution >= 0.6 is 35.0 Å². The highest BCUT2D eigenvalue weighted by Crippen LogP contribution is 2.27. The van der Waals surface area contributed by atoms with Gasteiger partial charge in [-0.25, -0.2) is 0 Å². The molecule has 190 valence electrons. The number of ether oxygens (including phenoxy) is 1. The van der Waals surface area contributed by atoms with Gasteiger partial charge in [0.1, 0.15) is 5.75 Å². The van der Waals surface area contributed by atoms with Crippen molar-refractivity contribution in [3.63, 3.8) is 0 Å². The van der Waals surface area contributed by atoms with Crippen LogP contribution in [0.15, 0.2) is 60.3 Å². The molecule has 1 heterocycles. The standard InChI is InChI=1S/C25H27Cl2N5O3S/c1-5-11-32-23(22(15(2)3)29-24(34)19-10-9-16(26)12-20(19)27)30-31-25(32)36-14-21(33)28-17-7-6-8-18(13-17)35-4/h5-10,12-13,15,22H,1,11,14H2,2-4H3,(H,28,33)(H,29,34)/t22-/m0/s1. The van der Waals surface area contributed by atoms with E-state index in [-0.39, 0.29) is 28.5 Å². The quantitative estimate of drug-likeness (QED) is 0.238. The van der Waals surface area contributed by atoms with E-state index >= 15 is 0 Å². The predicted molar refractivity (Wildman–Crippen MR) is 144 cm³/mol. The molecule has 8 nitrogen and oxygen atoms in total. The maximum Gasteiger partial charge on any atom is 0.253 e. The van der Waals surface area contributed by atoms with Gasteiger partial charge in [0.05, 0.1) is 29.5 Å². The highest BCUT2D eigenvalue weighted by atomic mass is 35.5. The maximum atomic E-state index is 13.0. The number of aromatic nitrogens is 3. The fourth-order valence-electron chi connectivity index (χ4n) is 3.39. The number of hydrogen-bond acceptors (Lipinski definition) is 6. The van der Waals surface area contributed by atoms with Gasteiger partial charge in [-0.05, 0) is 36.2 Å². The van der Waals surface area contributed by atoms with Gasteiger partial charge in [0, 0.05) is 23.3 Å². The third-order valence-corrected chi connectivity index (χ3v) is 6.66. The Bertz CT molecular complexity index is 1250. The molecule has 0 spiro atoms. The Morgan fingerprint density at radius 3 is 2.64 bits per heavy atom. The minimum atomic E-state index is -0.461. The molecular weight excluding hydrogens is 521 g/mol. The van der Waals surface area contributed by atoms with Crippen LogP contribution in [0.1, 0.15) is 36.1 Å². The Labute approximate surface area is 224 Å². The summed E-state index contributed by atoms with van der Waals surface area (Å²) in [5, 5.41) is 15.7. The zero-order valence-corrected chi connectivity index (χ0v) is 22.5. The number of carbonyl (C=O) groups is 2. The second-order valence-corrected chi connectivity index (χ2v) is 9.91. The first-order valence-corrected chi connectivity index (χ1v) is 12.8. The molecule has 0 bridgehead atoms. The normalized spacial score (nSPS) is 11.7. The summed E-state index contributed by atoms with van der Waals surface area (Å²) in [6.07, 6.45) is 1.71. The maximum absolute atomic E-state index is 13.0. The minimum Gasteiger partial charge on any atom is -0.497 e. The van der Waals surface area contributed by atoms with Gasteiger partial charge >= 0.3 is 0 Å². The van der Waals surface area contributed by atoms with E-state index < -0.39 is 6.04 Å². The number of amides is 2. The van der Waals surface area contributed by atoms with Gasteiger partial charge in [-0.15, -0.1) is 16.8 Å². The Morgan fingerprint density at radius 1 is 1.19 bits per heavy atom. The van der Waals surface area contributed by atoms with Crippen molar-refractivity contribution in [3.05, 3.63) is 76.6 Å². The molecule has 2 aromatic carbocycles. The summed E-state index contributed by atoms with van der Waals surface area (Å²) in [5.41, 5.74) is 0.946. The largest absolute Gasteiger partial charge is 0.497 e. The number of rotatable bonds is 11. The monoisotopic (exact) mass is 547 g/mol. The molecule has 0 fully saturated rings. The lowest BCUT2D eigenvalue weighted by Crippen LogP contribution is -2.34. The van der Waals surface area contributed by atoms with Gasteiger partial charge in [-0.3, -0.25) is 9.59 Å². The first-order chi connectivity index (χ1) is 17.2. The topological polar surface area (TPSA) is 98.1 Å². The summed E-state index contributed by atoms with van der Waals surface area (Å²) < 4.78 is 7.03. The molecular formula is C25H27Cl2N5O3S. The first-order valence-electron chi connectivity index (χ1n) is 11.1. The van der Waals surface area contributed by atoms with Crippen molar-refractivity contribution in [2.45, 2.75) is 31.6 Å². The van der Waals surface area contributed by atoms with Crippen molar-refractivity contribution >= 4 is 52.5 Å². The van der Waals surface area contributed by atoms with Crippen LogP contribution in [0.25, 0.3) is 0 Å². The van der Waals surface area contributed by atoms with E-state index in [1.807, 2.05) is 18.4 Å². The molecule has 1 aromatic heterocycles. The average Bonchev–Trinajstić information content (AvgIpc) is 3.23. The van der Waals surface area contributed by atoms with Gasteiger partial charge in [-0.2, -0.15) is 0 Å². The molecule has 0 radical (unpaired) electrons. The molecule has 36 heavy (non-hydrogen) atoms. The summed E-state index contributed by atoms with van der Waals surface area (Å²) in [4.78, 5) is 25.5. The van der Waals surface area contributed by atoms with Crippen LogP contribution in [0.2, 0.25) is 10.0 Å². The van der Waals surface area contributed by atoms with Crippen molar-refractivity contribution in [3.8, 4) is 5.75 Å². The molecule has 1 atom stereocenters. The second kappa shape index (κ2) is 12.8. The summed E-state index contributed by atoms with van der Waals surface area (Å²) >= 11 is 13.4. The van der Waals surface area contributed by atoms with Crippen LogP contribution in [-0.2, 0) is 11.3 Å². The number of nitrogens with one attached hydrogen (secondary N) is 2. The van der Waals surface area contributed by atoms with Gasteiger partial charge in [0.2, 0.25) is 5.91 Å². The first kappa shape index (κ1) is 27.6. The lowest BCUT2D eigenvalue weighted by Gasteiger charge is -2.23. The lowest BCUT2D eigenvalue weighted by molar-refractivity contribution is -0.113. The number of halogens is 2. The molecule has 0 aliphatic carbocycles. The second-order valence-electron chi connectivity index (χ2n) is 8.13.